The van der Waals surface area contributed by atoms with E-state index in [2.05, 4.69) is 20.6 Å². The number of aromatic nitrogens is 2. The Morgan fingerprint density at radius 2 is 2.00 bits per heavy atom. The van der Waals surface area contributed by atoms with E-state index in [1.807, 2.05) is 54.6 Å². The summed E-state index contributed by atoms with van der Waals surface area (Å²) >= 11 is 0. The molecule has 0 atom stereocenters. The number of nitrogens with one attached hydrogen (secondary N) is 3. The number of hydrogen-bond donors (Lipinski definition) is 3. The normalized spacial score (nSPS) is 10.2. The number of urea groups is 1. The van der Waals surface area contributed by atoms with Crippen LogP contribution in [-0.4, -0.2) is 23.1 Å². The number of carbonyl (C=O) groups is 1. The fraction of sp³-hybridized carbons (Fsp3) is 0.111. The number of methoxy groups -OCH3 is 1. The molecular formula is C18H18N4O2. The molecule has 0 saturated carbocycles. The molecule has 122 valence electrons. The number of carbonyl (C=O) groups excluding carboxylic acids is 1. The van der Waals surface area contributed by atoms with Crippen molar-refractivity contribution in [1.29, 1.82) is 0 Å². The molecule has 0 unspecified atom stereocenters. The van der Waals surface area contributed by atoms with Crippen LogP contribution in [0.15, 0.2) is 60.8 Å². The molecule has 2 amide bonds. The van der Waals surface area contributed by atoms with Crippen LogP contribution in [0, 0.1) is 0 Å². The highest BCUT2D eigenvalue weighted by molar-refractivity contribution is 5.87. The third kappa shape index (κ3) is 3.92. The third-order valence-electron chi connectivity index (χ3n) is 3.48. The second-order valence-corrected chi connectivity index (χ2v) is 5.17. The van der Waals surface area contributed by atoms with Crippen LogP contribution >= 0.6 is 0 Å². The van der Waals surface area contributed by atoms with E-state index in [1.54, 1.807) is 13.3 Å². The van der Waals surface area contributed by atoms with Gasteiger partial charge in [-0.3, -0.25) is 5.32 Å². The summed E-state index contributed by atoms with van der Waals surface area (Å²) < 4.78 is 5.16. The first-order valence-electron chi connectivity index (χ1n) is 7.53. The lowest BCUT2D eigenvalue weighted by molar-refractivity contribution is 0.251. The number of nitrogens with zero attached hydrogens (tertiary/aromatic N) is 1. The largest absolute Gasteiger partial charge is 0.497 e. The number of aromatic amines is 1. The molecule has 0 aliphatic heterocycles. The van der Waals surface area contributed by atoms with Gasteiger partial charge in [0.1, 0.15) is 5.75 Å². The molecule has 0 bridgehead atoms. The van der Waals surface area contributed by atoms with Gasteiger partial charge in [-0.25, -0.2) is 9.78 Å². The van der Waals surface area contributed by atoms with E-state index in [9.17, 15) is 4.79 Å². The van der Waals surface area contributed by atoms with Crippen LogP contribution in [-0.2, 0) is 6.54 Å². The molecule has 24 heavy (non-hydrogen) atoms. The van der Waals surface area contributed by atoms with Crippen LogP contribution in [0.25, 0.3) is 11.3 Å². The Bertz CT molecular complexity index is 815. The number of hydrogen-bond acceptors (Lipinski definition) is 3. The zero-order chi connectivity index (χ0) is 16.8. The van der Waals surface area contributed by atoms with Crippen molar-refractivity contribution in [3.05, 3.63) is 66.4 Å². The molecule has 3 aromatic rings. The lowest BCUT2D eigenvalue weighted by Crippen LogP contribution is -2.28. The Balaban J connectivity index is 1.56. The molecule has 0 aliphatic rings. The average Bonchev–Trinajstić information content (AvgIpc) is 3.09. The van der Waals surface area contributed by atoms with Crippen molar-refractivity contribution in [2.75, 3.05) is 12.4 Å². The molecule has 6 nitrogen and oxygen atoms in total. The van der Waals surface area contributed by atoms with E-state index in [0.717, 1.165) is 22.6 Å². The van der Waals surface area contributed by atoms with Gasteiger partial charge in [-0.15, -0.1) is 0 Å². The highest BCUT2D eigenvalue weighted by Gasteiger charge is 2.07. The van der Waals surface area contributed by atoms with Gasteiger partial charge in [0.05, 0.1) is 19.0 Å². The van der Waals surface area contributed by atoms with Gasteiger partial charge in [0.15, 0.2) is 0 Å². The fourth-order valence-corrected chi connectivity index (χ4v) is 2.27. The van der Waals surface area contributed by atoms with Crippen molar-refractivity contribution >= 4 is 12.0 Å². The molecular weight excluding hydrogens is 304 g/mol. The average molecular weight is 322 g/mol. The van der Waals surface area contributed by atoms with Crippen molar-refractivity contribution in [3.8, 4) is 17.0 Å². The summed E-state index contributed by atoms with van der Waals surface area (Å²) in [5, 5.41) is 5.47. The quantitative estimate of drug-likeness (QED) is 0.673. The van der Waals surface area contributed by atoms with Crippen LogP contribution in [0.2, 0.25) is 0 Å². The molecule has 2 aromatic carbocycles. The summed E-state index contributed by atoms with van der Waals surface area (Å²) in [6, 6.07) is 17.0. The summed E-state index contributed by atoms with van der Waals surface area (Å²) in [6.45, 7) is 0.398. The fourth-order valence-electron chi connectivity index (χ4n) is 2.27. The molecule has 3 N–H and O–H groups in total. The van der Waals surface area contributed by atoms with E-state index < -0.39 is 0 Å². The first kappa shape index (κ1) is 15.6. The molecule has 0 aliphatic carbocycles. The van der Waals surface area contributed by atoms with Crippen molar-refractivity contribution in [2.24, 2.45) is 0 Å². The zero-order valence-electron chi connectivity index (χ0n) is 13.2. The minimum Gasteiger partial charge on any atom is -0.497 e. The van der Waals surface area contributed by atoms with Crippen molar-refractivity contribution in [1.82, 2.24) is 15.3 Å². The smallest absolute Gasteiger partial charge is 0.321 e. The second kappa shape index (κ2) is 7.32. The van der Waals surface area contributed by atoms with Gasteiger partial charge in [-0.2, -0.15) is 0 Å². The highest BCUT2D eigenvalue weighted by atomic mass is 16.5. The van der Waals surface area contributed by atoms with Crippen LogP contribution in [0.4, 0.5) is 10.7 Å². The number of anilines is 1. The third-order valence-corrected chi connectivity index (χ3v) is 3.48. The van der Waals surface area contributed by atoms with Crippen LogP contribution < -0.4 is 15.4 Å². The van der Waals surface area contributed by atoms with Gasteiger partial charge in [0.2, 0.25) is 5.95 Å². The molecule has 1 heterocycles. The van der Waals surface area contributed by atoms with Crippen molar-refractivity contribution in [3.63, 3.8) is 0 Å². The van der Waals surface area contributed by atoms with Crippen molar-refractivity contribution < 1.29 is 9.53 Å². The summed E-state index contributed by atoms with van der Waals surface area (Å²) in [6.07, 6.45) is 1.69. The molecule has 1 aromatic heterocycles. The number of benzene rings is 2. The summed E-state index contributed by atoms with van der Waals surface area (Å²) in [5.74, 6) is 1.16. The maximum absolute atomic E-state index is 12.0. The Labute approximate surface area is 139 Å². The molecule has 0 fully saturated rings. The summed E-state index contributed by atoms with van der Waals surface area (Å²) in [4.78, 5) is 19.2. The first-order valence-corrected chi connectivity index (χ1v) is 7.53. The predicted molar refractivity (Wildman–Crippen MR) is 92.9 cm³/mol. The Morgan fingerprint density at radius 3 is 2.79 bits per heavy atom. The van der Waals surface area contributed by atoms with Gasteiger partial charge in [0, 0.05) is 6.54 Å². The van der Waals surface area contributed by atoms with E-state index >= 15 is 0 Å². The van der Waals surface area contributed by atoms with Gasteiger partial charge in [-0.05, 0) is 23.3 Å². The Kier molecular flexibility index (Phi) is 4.76. The van der Waals surface area contributed by atoms with Crippen molar-refractivity contribution in [2.45, 2.75) is 6.54 Å². The second-order valence-electron chi connectivity index (χ2n) is 5.17. The van der Waals surface area contributed by atoms with Crippen LogP contribution in [0.3, 0.4) is 0 Å². The standard InChI is InChI=1S/C18H18N4O2/c1-24-15-9-5-6-13(10-15)11-20-18(23)22-17-19-12-16(21-17)14-7-3-2-4-8-14/h2-10,12H,11H2,1H3,(H3,19,20,21,22,23). The zero-order valence-corrected chi connectivity index (χ0v) is 13.2. The van der Waals surface area contributed by atoms with Gasteiger partial charge < -0.3 is 15.0 Å². The molecule has 0 saturated heterocycles. The minimum atomic E-state index is -0.327. The number of amides is 2. The number of H-pyrrole nitrogens is 1. The van der Waals surface area contributed by atoms with Crippen LogP contribution in [0.1, 0.15) is 5.56 Å². The number of imidazole rings is 1. The molecule has 6 heteroatoms. The Hall–Kier alpha value is -3.28. The number of rotatable bonds is 5. The maximum Gasteiger partial charge on any atom is 0.321 e. The van der Waals surface area contributed by atoms with Gasteiger partial charge in [0.25, 0.3) is 0 Å². The summed E-state index contributed by atoms with van der Waals surface area (Å²) in [7, 11) is 1.61. The SMILES string of the molecule is COc1cccc(CNC(=O)Nc2ncc(-c3ccccc3)[nH]2)c1. The predicted octanol–water partition coefficient (Wildman–Crippen LogP) is 3.41. The topological polar surface area (TPSA) is 79.0 Å². The Morgan fingerprint density at radius 1 is 1.17 bits per heavy atom. The lowest BCUT2D eigenvalue weighted by atomic mass is 10.2. The van der Waals surface area contributed by atoms with Crippen LogP contribution in [0.5, 0.6) is 5.75 Å². The van der Waals surface area contributed by atoms with Gasteiger partial charge >= 0.3 is 6.03 Å². The summed E-state index contributed by atoms with van der Waals surface area (Å²) in [5.41, 5.74) is 2.81. The molecule has 0 radical (unpaired) electrons. The monoisotopic (exact) mass is 322 g/mol. The van der Waals surface area contributed by atoms with E-state index in [1.165, 1.54) is 0 Å². The lowest BCUT2D eigenvalue weighted by Gasteiger charge is -2.07. The number of ether oxygens (including phenoxy) is 1. The molecule has 0 spiro atoms. The minimum absolute atomic E-state index is 0.327. The van der Waals surface area contributed by atoms with E-state index in [0.29, 0.717) is 12.5 Å². The van der Waals surface area contributed by atoms with E-state index in [-0.39, 0.29) is 6.03 Å². The van der Waals surface area contributed by atoms with Gasteiger partial charge in [-0.1, -0.05) is 42.5 Å². The first-order chi connectivity index (χ1) is 11.7. The highest BCUT2D eigenvalue weighted by Crippen LogP contribution is 2.17. The van der Waals surface area contributed by atoms with E-state index in [4.69, 9.17) is 4.74 Å². The maximum atomic E-state index is 12.0. The molecule has 3 rings (SSSR count).